The molecule has 9 heteroatoms. The van der Waals surface area contributed by atoms with E-state index in [1.165, 1.54) is 12.1 Å². The smallest absolute Gasteiger partial charge is 0.272 e. The van der Waals surface area contributed by atoms with E-state index in [0.29, 0.717) is 17.9 Å². The standard InChI is InChI=1S/C14H14Cl2N4O3/c15-12-4-10(20(21)22)5-13(16)14(12)18-9-6-17-19(7-9)8-11-2-1-3-23-11/h4-7,11,18H,1-3,8H2. The van der Waals surface area contributed by atoms with Crippen molar-refractivity contribution >= 4 is 40.3 Å². The van der Waals surface area contributed by atoms with Crippen LogP contribution in [0.15, 0.2) is 24.5 Å². The van der Waals surface area contributed by atoms with E-state index in [4.69, 9.17) is 27.9 Å². The van der Waals surface area contributed by atoms with E-state index in [9.17, 15) is 10.1 Å². The van der Waals surface area contributed by atoms with Crippen LogP contribution in [0, 0.1) is 10.1 Å². The molecule has 2 aromatic rings. The fourth-order valence-electron chi connectivity index (χ4n) is 2.45. The number of anilines is 2. The summed E-state index contributed by atoms with van der Waals surface area (Å²) in [7, 11) is 0. The third-order valence-corrected chi connectivity index (χ3v) is 4.15. The number of benzene rings is 1. The number of rotatable bonds is 5. The Morgan fingerprint density at radius 1 is 1.43 bits per heavy atom. The normalized spacial score (nSPS) is 17.4. The maximum atomic E-state index is 10.8. The zero-order valence-corrected chi connectivity index (χ0v) is 13.5. The van der Waals surface area contributed by atoms with Crippen molar-refractivity contribution in [1.29, 1.82) is 0 Å². The van der Waals surface area contributed by atoms with Crippen molar-refractivity contribution in [2.75, 3.05) is 11.9 Å². The molecule has 1 N–H and O–H groups in total. The van der Waals surface area contributed by atoms with E-state index < -0.39 is 4.92 Å². The van der Waals surface area contributed by atoms with Crippen LogP contribution in [-0.4, -0.2) is 27.4 Å². The van der Waals surface area contributed by atoms with Crippen LogP contribution in [0.2, 0.25) is 10.0 Å². The molecule has 0 aliphatic carbocycles. The number of halogens is 2. The summed E-state index contributed by atoms with van der Waals surface area (Å²) < 4.78 is 7.35. The van der Waals surface area contributed by atoms with Crippen molar-refractivity contribution in [2.24, 2.45) is 0 Å². The highest BCUT2D eigenvalue weighted by Gasteiger charge is 2.18. The summed E-state index contributed by atoms with van der Waals surface area (Å²) in [5.74, 6) is 0. The molecule has 0 saturated carbocycles. The van der Waals surface area contributed by atoms with E-state index in [1.807, 2.05) is 6.20 Å². The number of nitrogens with one attached hydrogen (secondary N) is 1. The Labute approximate surface area is 142 Å². The zero-order valence-electron chi connectivity index (χ0n) is 12.0. The highest BCUT2D eigenvalue weighted by atomic mass is 35.5. The Kier molecular flexibility index (Phi) is 4.70. The van der Waals surface area contributed by atoms with Gasteiger partial charge in [0.15, 0.2) is 0 Å². The van der Waals surface area contributed by atoms with Crippen molar-refractivity contribution in [3.05, 3.63) is 44.7 Å². The molecule has 1 aliphatic heterocycles. The van der Waals surface area contributed by atoms with Crippen molar-refractivity contribution in [2.45, 2.75) is 25.5 Å². The van der Waals surface area contributed by atoms with Gasteiger partial charge in [0.05, 0.1) is 45.2 Å². The largest absolute Gasteiger partial charge is 0.376 e. The molecule has 1 atom stereocenters. The molecule has 1 aromatic carbocycles. The first-order valence-electron chi connectivity index (χ1n) is 7.07. The van der Waals surface area contributed by atoms with Crippen molar-refractivity contribution in [3.8, 4) is 0 Å². The van der Waals surface area contributed by atoms with Crippen LogP contribution < -0.4 is 5.32 Å². The van der Waals surface area contributed by atoms with Crippen LogP contribution in [0.25, 0.3) is 0 Å². The first-order chi connectivity index (χ1) is 11.0. The fraction of sp³-hybridized carbons (Fsp3) is 0.357. The van der Waals surface area contributed by atoms with Crippen molar-refractivity contribution < 1.29 is 9.66 Å². The number of nitro benzene ring substituents is 1. The maximum Gasteiger partial charge on any atom is 0.272 e. The predicted octanol–water partition coefficient (Wildman–Crippen LogP) is 4.02. The molecule has 1 aliphatic rings. The van der Waals surface area contributed by atoms with Gasteiger partial charge in [-0.15, -0.1) is 0 Å². The lowest BCUT2D eigenvalue weighted by atomic mass is 10.2. The van der Waals surface area contributed by atoms with Gasteiger partial charge >= 0.3 is 0 Å². The number of hydrogen-bond acceptors (Lipinski definition) is 5. The van der Waals surface area contributed by atoms with Gasteiger partial charge in [-0.3, -0.25) is 14.8 Å². The van der Waals surface area contributed by atoms with Gasteiger partial charge in [0.25, 0.3) is 5.69 Å². The predicted molar refractivity (Wildman–Crippen MR) is 87.6 cm³/mol. The molecule has 0 amide bonds. The summed E-state index contributed by atoms with van der Waals surface area (Å²) in [4.78, 5) is 10.2. The third-order valence-electron chi connectivity index (χ3n) is 3.55. The van der Waals surface area contributed by atoms with Crippen LogP contribution >= 0.6 is 23.2 Å². The maximum absolute atomic E-state index is 10.8. The molecule has 23 heavy (non-hydrogen) atoms. The van der Waals surface area contributed by atoms with Gasteiger partial charge < -0.3 is 10.1 Å². The van der Waals surface area contributed by atoms with E-state index in [0.717, 1.165) is 19.4 Å². The average Bonchev–Trinajstić information content (AvgIpc) is 3.15. The number of ether oxygens (including phenoxy) is 1. The van der Waals surface area contributed by atoms with Crippen molar-refractivity contribution in [1.82, 2.24) is 9.78 Å². The van der Waals surface area contributed by atoms with Crippen LogP contribution in [0.1, 0.15) is 12.8 Å². The highest BCUT2D eigenvalue weighted by molar-refractivity contribution is 6.39. The lowest BCUT2D eigenvalue weighted by molar-refractivity contribution is -0.384. The number of nitro groups is 1. The van der Waals surface area contributed by atoms with Crippen LogP contribution in [-0.2, 0) is 11.3 Å². The Balaban J connectivity index is 1.74. The molecule has 0 spiro atoms. The molecule has 1 aromatic heterocycles. The van der Waals surface area contributed by atoms with Gasteiger partial charge in [-0.05, 0) is 12.8 Å². The highest BCUT2D eigenvalue weighted by Crippen LogP contribution is 2.36. The van der Waals surface area contributed by atoms with Gasteiger partial charge in [-0.1, -0.05) is 23.2 Å². The minimum Gasteiger partial charge on any atom is -0.376 e. The van der Waals surface area contributed by atoms with E-state index in [-0.39, 0.29) is 21.8 Å². The molecule has 0 radical (unpaired) electrons. The summed E-state index contributed by atoms with van der Waals surface area (Å²) in [5.41, 5.74) is 0.955. The average molecular weight is 357 g/mol. The molecule has 2 heterocycles. The second-order valence-corrected chi connectivity index (χ2v) is 6.07. The monoisotopic (exact) mass is 356 g/mol. The lowest BCUT2D eigenvalue weighted by Gasteiger charge is -2.09. The molecule has 1 saturated heterocycles. The summed E-state index contributed by atoms with van der Waals surface area (Å²) in [6, 6.07) is 2.51. The summed E-state index contributed by atoms with van der Waals surface area (Å²) >= 11 is 12.1. The molecular formula is C14H14Cl2N4O3. The van der Waals surface area contributed by atoms with E-state index >= 15 is 0 Å². The van der Waals surface area contributed by atoms with E-state index in [1.54, 1.807) is 10.9 Å². The quantitative estimate of drug-likeness (QED) is 0.646. The minimum absolute atomic E-state index is 0.153. The summed E-state index contributed by atoms with van der Waals surface area (Å²) in [6.45, 7) is 1.48. The second-order valence-electron chi connectivity index (χ2n) is 5.25. The molecule has 3 rings (SSSR count). The third kappa shape index (κ3) is 3.74. The first kappa shape index (κ1) is 16.0. The lowest BCUT2D eigenvalue weighted by Crippen LogP contribution is -2.15. The Morgan fingerprint density at radius 2 is 2.17 bits per heavy atom. The molecular weight excluding hydrogens is 343 g/mol. The Bertz CT molecular complexity index is 706. The Hall–Kier alpha value is -1.83. The Morgan fingerprint density at radius 3 is 2.78 bits per heavy atom. The SMILES string of the molecule is O=[N+]([O-])c1cc(Cl)c(Nc2cnn(CC3CCCO3)c2)c(Cl)c1. The van der Waals surface area contributed by atoms with Gasteiger partial charge in [0, 0.05) is 24.9 Å². The van der Waals surface area contributed by atoms with Crippen molar-refractivity contribution in [3.63, 3.8) is 0 Å². The van der Waals surface area contributed by atoms with Crippen LogP contribution in [0.4, 0.5) is 17.1 Å². The second kappa shape index (κ2) is 6.74. The minimum atomic E-state index is -0.541. The fourth-order valence-corrected chi connectivity index (χ4v) is 3.02. The van der Waals surface area contributed by atoms with Crippen LogP contribution in [0.5, 0.6) is 0 Å². The summed E-state index contributed by atoms with van der Waals surface area (Å²) in [6.07, 6.45) is 5.75. The molecule has 1 fully saturated rings. The molecule has 7 nitrogen and oxygen atoms in total. The van der Waals surface area contributed by atoms with Gasteiger partial charge in [-0.2, -0.15) is 5.10 Å². The van der Waals surface area contributed by atoms with Gasteiger partial charge in [0.1, 0.15) is 0 Å². The molecule has 122 valence electrons. The number of hydrogen-bond donors (Lipinski definition) is 1. The molecule has 1 unspecified atom stereocenters. The number of non-ortho nitro benzene ring substituents is 1. The van der Waals surface area contributed by atoms with Gasteiger partial charge in [0.2, 0.25) is 0 Å². The number of nitrogens with zero attached hydrogens (tertiary/aromatic N) is 3. The first-order valence-corrected chi connectivity index (χ1v) is 7.83. The topological polar surface area (TPSA) is 82.2 Å². The summed E-state index contributed by atoms with van der Waals surface area (Å²) in [5, 5.41) is 18.4. The van der Waals surface area contributed by atoms with E-state index in [2.05, 4.69) is 10.4 Å². The van der Waals surface area contributed by atoms with Crippen LogP contribution in [0.3, 0.4) is 0 Å². The zero-order chi connectivity index (χ0) is 16.4. The molecule has 0 bridgehead atoms. The van der Waals surface area contributed by atoms with Gasteiger partial charge in [-0.25, -0.2) is 0 Å². The number of aromatic nitrogens is 2.